The van der Waals surface area contributed by atoms with E-state index < -0.39 is 17.4 Å². The van der Waals surface area contributed by atoms with Gasteiger partial charge < -0.3 is 10.3 Å². The van der Waals surface area contributed by atoms with E-state index in [9.17, 15) is 13.2 Å². The summed E-state index contributed by atoms with van der Waals surface area (Å²) in [7, 11) is 0. The van der Waals surface area contributed by atoms with Gasteiger partial charge in [-0.15, -0.1) is 11.3 Å². The molecule has 0 radical (unpaired) electrons. The maximum absolute atomic E-state index is 12.8. The zero-order valence-electron chi connectivity index (χ0n) is 12.6. The van der Waals surface area contributed by atoms with Crippen LogP contribution in [-0.2, 0) is 11.7 Å². The van der Waals surface area contributed by atoms with Gasteiger partial charge in [0.25, 0.3) is 5.89 Å². The van der Waals surface area contributed by atoms with E-state index in [2.05, 4.69) is 15.1 Å². The Hall–Kier alpha value is -2.00. The predicted molar refractivity (Wildman–Crippen MR) is 82.4 cm³/mol. The molecule has 5 nitrogen and oxygen atoms in total. The van der Waals surface area contributed by atoms with Crippen LogP contribution in [0.15, 0.2) is 16.7 Å². The Morgan fingerprint density at radius 3 is 2.62 bits per heavy atom. The molecule has 0 unspecified atom stereocenters. The molecular weight excluding hydrogens is 341 g/mol. The zero-order valence-corrected chi connectivity index (χ0v) is 13.5. The van der Waals surface area contributed by atoms with Crippen LogP contribution in [0.1, 0.15) is 36.3 Å². The van der Waals surface area contributed by atoms with Gasteiger partial charge >= 0.3 is 6.18 Å². The van der Waals surface area contributed by atoms with Crippen molar-refractivity contribution >= 4 is 21.6 Å². The van der Waals surface area contributed by atoms with Crippen LogP contribution in [0.5, 0.6) is 0 Å². The number of hydrogen-bond donors (Lipinski definition) is 1. The molecule has 1 aliphatic carbocycles. The highest BCUT2D eigenvalue weighted by molar-refractivity contribution is 7.22. The van der Waals surface area contributed by atoms with Crippen LogP contribution < -0.4 is 5.73 Å². The van der Waals surface area contributed by atoms with Gasteiger partial charge in [-0.1, -0.05) is 5.16 Å². The van der Waals surface area contributed by atoms with Crippen LogP contribution in [-0.4, -0.2) is 15.1 Å². The topological polar surface area (TPSA) is 77.8 Å². The monoisotopic (exact) mass is 354 g/mol. The normalized spacial score (nSPS) is 17.2. The third kappa shape index (κ3) is 2.30. The number of thiophene rings is 1. The standard InChI is InChI=1S/C15H13F3N4OS/c1-7-8-3-4-9(15(16,17)18)20-12(8)24-10(7)11-21-13(22-23-11)14(19)5-2-6-14/h3-4H,2,5-6,19H2,1H3. The Kier molecular flexibility index (Phi) is 3.23. The largest absolute Gasteiger partial charge is 0.433 e. The summed E-state index contributed by atoms with van der Waals surface area (Å²) < 4.78 is 43.7. The summed E-state index contributed by atoms with van der Waals surface area (Å²) in [6, 6.07) is 2.41. The van der Waals surface area contributed by atoms with Crippen molar-refractivity contribution in [2.45, 2.75) is 37.9 Å². The molecular formula is C15H13F3N4OS. The van der Waals surface area contributed by atoms with E-state index in [1.165, 1.54) is 6.07 Å². The van der Waals surface area contributed by atoms with Crippen LogP contribution >= 0.6 is 11.3 Å². The molecule has 3 heterocycles. The summed E-state index contributed by atoms with van der Waals surface area (Å²) in [5, 5.41) is 4.60. The van der Waals surface area contributed by atoms with E-state index in [4.69, 9.17) is 10.3 Å². The van der Waals surface area contributed by atoms with E-state index in [0.29, 0.717) is 20.9 Å². The first kappa shape index (κ1) is 15.5. The molecule has 1 fully saturated rings. The maximum Gasteiger partial charge on any atom is 0.433 e. The summed E-state index contributed by atoms with van der Waals surface area (Å²) in [6.07, 6.45) is -1.85. The van der Waals surface area contributed by atoms with Crippen LogP contribution in [0.25, 0.3) is 21.0 Å². The fraction of sp³-hybridized carbons (Fsp3) is 0.400. The number of halogens is 3. The Balaban J connectivity index is 1.78. The number of hydrogen-bond acceptors (Lipinski definition) is 6. The fourth-order valence-corrected chi connectivity index (χ4v) is 3.86. The summed E-state index contributed by atoms with van der Waals surface area (Å²) >= 11 is 1.11. The molecule has 0 atom stereocenters. The number of aryl methyl sites for hydroxylation is 1. The fourth-order valence-electron chi connectivity index (χ4n) is 2.76. The highest BCUT2D eigenvalue weighted by Gasteiger charge is 2.39. The molecule has 9 heteroatoms. The van der Waals surface area contributed by atoms with E-state index in [1.54, 1.807) is 6.92 Å². The van der Waals surface area contributed by atoms with Crippen molar-refractivity contribution in [2.75, 3.05) is 0 Å². The molecule has 0 bridgehead atoms. The van der Waals surface area contributed by atoms with Gasteiger partial charge in [-0.2, -0.15) is 18.2 Å². The first-order valence-electron chi connectivity index (χ1n) is 7.39. The van der Waals surface area contributed by atoms with Gasteiger partial charge in [-0.3, -0.25) is 0 Å². The average Bonchev–Trinajstić information content (AvgIpc) is 3.09. The number of alkyl halides is 3. The molecule has 3 aromatic heterocycles. The summed E-state index contributed by atoms with van der Waals surface area (Å²) in [5.41, 5.74) is 5.49. The van der Waals surface area contributed by atoms with Gasteiger partial charge in [0.05, 0.1) is 10.4 Å². The van der Waals surface area contributed by atoms with Crippen molar-refractivity contribution in [1.82, 2.24) is 15.1 Å². The van der Waals surface area contributed by atoms with Crippen molar-refractivity contribution in [3.63, 3.8) is 0 Å². The summed E-state index contributed by atoms with van der Waals surface area (Å²) in [5.74, 6) is 0.723. The minimum absolute atomic E-state index is 0.274. The number of nitrogens with zero attached hydrogens (tertiary/aromatic N) is 3. The van der Waals surface area contributed by atoms with Crippen molar-refractivity contribution < 1.29 is 17.7 Å². The average molecular weight is 354 g/mol. The van der Waals surface area contributed by atoms with Gasteiger partial charge in [-0.05, 0) is 43.9 Å². The molecule has 4 rings (SSSR count). The second-order valence-electron chi connectivity index (χ2n) is 6.04. The van der Waals surface area contributed by atoms with Crippen LogP contribution in [0.4, 0.5) is 13.2 Å². The lowest BCUT2D eigenvalue weighted by Gasteiger charge is -2.34. The Morgan fingerprint density at radius 2 is 2.00 bits per heavy atom. The second kappa shape index (κ2) is 5.00. The van der Waals surface area contributed by atoms with Crippen molar-refractivity contribution in [2.24, 2.45) is 5.73 Å². The van der Waals surface area contributed by atoms with Gasteiger partial charge in [0.15, 0.2) is 5.82 Å². The number of pyridine rings is 1. The third-order valence-corrected chi connectivity index (χ3v) is 5.59. The molecule has 126 valence electrons. The summed E-state index contributed by atoms with van der Waals surface area (Å²) in [6.45, 7) is 1.80. The minimum Gasteiger partial charge on any atom is -0.333 e. The minimum atomic E-state index is -4.47. The summed E-state index contributed by atoms with van der Waals surface area (Å²) in [4.78, 5) is 8.99. The molecule has 3 aromatic rings. The van der Waals surface area contributed by atoms with Crippen molar-refractivity contribution in [3.05, 3.63) is 29.2 Å². The lowest BCUT2D eigenvalue weighted by atomic mass is 9.77. The zero-order chi connectivity index (χ0) is 17.1. The number of fused-ring (bicyclic) bond motifs is 1. The smallest absolute Gasteiger partial charge is 0.333 e. The predicted octanol–water partition coefficient (Wildman–Crippen LogP) is 4.01. The second-order valence-corrected chi connectivity index (χ2v) is 7.04. The Labute approximate surface area is 138 Å². The Bertz CT molecular complexity index is 927. The third-order valence-electron chi connectivity index (χ3n) is 4.41. The van der Waals surface area contributed by atoms with Crippen LogP contribution in [0.2, 0.25) is 0 Å². The highest BCUT2D eigenvalue weighted by Crippen LogP contribution is 2.41. The molecule has 0 aliphatic heterocycles. The molecule has 1 aliphatic rings. The number of aromatic nitrogens is 3. The first-order valence-corrected chi connectivity index (χ1v) is 8.20. The lowest BCUT2D eigenvalue weighted by molar-refractivity contribution is -0.140. The lowest BCUT2D eigenvalue weighted by Crippen LogP contribution is -2.44. The molecule has 0 spiro atoms. The molecule has 24 heavy (non-hydrogen) atoms. The first-order chi connectivity index (χ1) is 11.3. The Morgan fingerprint density at radius 1 is 1.25 bits per heavy atom. The van der Waals surface area contributed by atoms with Gasteiger partial charge in [0.1, 0.15) is 10.5 Å². The molecule has 0 amide bonds. The van der Waals surface area contributed by atoms with Crippen LogP contribution in [0, 0.1) is 6.92 Å². The molecule has 0 aromatic carbocycles. The number of nitrogens with two attached hydrogens (primary N) is 1. The van der Waals surface area contributed by atoms with Gasteiger partial charge in [0, 0.05) is 5.39 Å². The van der Waals surface area contributed by atoms with E-state index in [-0.39, 0.29) is 5.89 Å². The number of rotatable bonds is 2. The molecule has 0 saturated heterocycles. The highest BCUT2D eigenvalue weighted by atomic mass is 32.1. The van der Waals surface area contributed by atoms with Crippen molar-refractivity contribution in [1.29, 1.82) is 0 Å². The van der Waals surface area contributed by atoms with Crippen LogP contribution in [0.3, 0.4) is 0 Å². The van der Waals surface area contributed by atoms with E-state index in [0.717, 1.165) is 42.2 Å². The molecule has 2 N–H and O–H groups in total. The van der Waals surface area contributed by atoms with E-state index in [1.807, 2.05) is 0 Å². The van der Waals surface area contributed by atoms with E-state index >= 15 is 0 Å². The quantitative estimate of drug-likeness (QED) is 0.752. The SMILES string of the molecule is Cc1c(-c2nc(C3(N)CCC3)no2)sc2nc(C(F)(F)F)ccc12. The molecule has 1 saturated carbocycles. The van der Waals surface area contributed by atoms with Crippen molar-refractivity contribution in [3.8, 4) is 10.8 Å². The maximum atomic E-state index is 12.8. The van der Waals surface area contributed by atoms with Gasteiger partial charge in [-0.25, -0.2) is 4.98 Å². The van der Waals surface area contributed by atoms with Gasteiger partial charge in [0.2, 0.25) is 0 Å².